The van der Waals surface area contributed by atoms with Gasteiger partial charge < -0.3 is 5.32 Å². The Labute approximate surface area is 151 Å². The van der Waals surface area contributed by atoms with Gasteiger partial charge in [-0.2, -0.15) is 0 Å². The largest absolute Gasteiger partial charge is 0.352 e. The molecule has 8 heteroatoms. The van der Waals surface area contributed by atoms with Gasteiger partial charge in [0.15, 0.2) is 17.5 Å². The maximum atomic E-state index is 13.1. The van der Waals surface area contributed by atoms with Gasteiger partial charge in [0.25, 0.3) is 5.91 Å². The number of aryl methyl sites for hydroxylation is 1. The standard InChI is InChI=1S/C18H14F3N3OS/c19-13-8-12(9-14(20)17(13)21)18(25)23-5-1-2-16-24-15(10-26-16)11-3-6-22-7-4-11/h3-4,6-10H,1-2,5H2,(H,23,25). The first-order chi connectivity index (χ1) is 12.5. The molecule has 2 heterocycles. The zero-order valence-electron chi connectivity index (χ0n) is 13.5. The van der Waals surface area contributed by atoms with Crippen LogP contribution in [-0.4, -0.2) is 22.4 Å². The quantitative estimate of drug-likeness (QED) is 0.522. The van der Waals surface area contributed by atoms with Crippen molar-refractivity contribution in [2.45, 2.75) is 12.8 Å². The van der Waals surface area contributed by atoms with Crippen molar-refractivity contribution in [2.24, 2.45) is 0 Å². The van der Waals surface area contributed by atoms with Gasteiger partial charge in [-0.25, -0.2) is 18.2 Å². The lowest BCUT2D eigenvalue weighted by molar-refractivity contribution is 0.0952. The van der Waals surface area contributed by atoms with Crippen molar-refractivity contribution in [1.82, 2.24) is 15.3 Å². The summed E-state index contributed by atoms with van der Waals surface area (Å²) in [6, 6.07) is 5.10. The Balaban J connectivity index is 1.50. The van der Waals surface area contributed by atoms with Crippen molar-refractivity contribution < 1.29 is 18.0 Å². The highest BCUT2D eigenvalue weighted by Gasteiger charge is 2.14. The fourth-order valence-corrected chi connectivity index (χ4v) is 3.16. The van der Waals surface area contributed by atoms with Crippen molar-refractivity contribution in [1.29, 1.82) is 0 Å². The second-order valence-corrected chi connectivity index (χ2v) is 6.42. The predicted octanol–water partition coefficient (Wildman–Crippen LogP) is 3.99. The number of hydrogen-bond donors (Lipinski definition) is 1. The molecule has 0 atom stereocenters. The number of rotatable bonds is 6. The van der Waals surface area contributed by atoms with E-state index < -0.39 is 23.4 Å². The van der Waals surface area contributed by atoms with Crippen molar-refractivity contribution in [3.63, 3.8) is 0 Å². The molecule has 0 bridgehead atoms. The molecule has 1 aromatic carbocycles. The monoisotopic (exact) mass is 377 g/mol. The van der Waals surface area contributed by atoms with Gasteiger partial charge in [-0.1, -0.05) is 0 Å². The van der Waals surface area contributed by atoms with Gasteiger partial charge in [0.05, 0.1) is 10.7 Å². The minimum Gasteiger partial charge on any atom is -0.352 e. The molecule has 0 radical (unpaired) electrons. The molecule has 0 aliphatic heterocycles. The zero-order chi connectivity index (χ0) is 18.5. The Kier molecular flexibility index (Phi) is 5.62. The molecule has 0 spiro atoms. The number of carbonyl (C=O) groups is 1. The first-order valence-electron chi connectivity index (χ1n) is 7.82. The molecule has 0 aliphatic carbocycles. The van der Waals surface area contributed by atoms with Crippen molar-refractivity contribution in [2.75, 3.05) is 6.54 Å². The van der Waals surface area contributed by atoms with Crippen LogP contribution in [0.5, 0.6) is 0 Å². The molecule has 134 valence electrons. The lowest BCUT2D eigenvalue weighted by Gasteiger charge is -2.05. The maximum absolute atomic E-state index is 13.1. The summed E-state index contributed by atoms with van der Waals surface area (Å²) in [4.78, 5) is 20.4. The molecule has 0 fully saturated rings. The van der Waals surface area contributed by atoms with Crippen LogP contribution < -0.4 is 5.32 Å². The summed E-state index contributed by atoms with van der Waals surface area (Å²) < 4.78 is 39.2. The lowest BCUT2D eigenvalue weighted by Crippen LogP contribution is -2.25. The first-order valence-corrected chi connectivity index (χ1v) is 8.70. The van der Waals surface area contributed by atoms with Crippen LogP contribution in [0.4, 0.5) is 13.2 Å². The molecule has 0 saturated carbocycles. The number of aromatic nitrogens is 2. The molecular formula is C18H14F3N3OS. The van der Waals surface area contributed by atoms with Gasteiger partial charge in [0, 0.05) is 41.9 Å². The van der Waals surface area contributed by atoms with E-state index in [9.17, 15) is 18.0 Å². The summed E-state index contributed by atoms with van der Waals surface area (Å²) in [7, 11) is 0. The third-order valence-electron chi connectivity index (χ3n) is 3.63. The minimum absolute atomic E-state index is 0.254. The van der Waals surface area contributed by atoms with Crippen LogP contribution in [0.1, 0.15) is 21.8 Å². The number of hydrogen-bond acceptors (Lipinski definition) is 4. The van der Waals surface area contributed by atoms with Gasteiger partial charge in [0.2, 0.25) is 0 Å². The number of carbonyl (C=O) groups excluding carboxylic acids is 1. The second kappa shape index (κ2) is 8.09. The number of halogens is 3. The summed E-state index contributed by atoms with van der Waals surface area (Å²) in [5, 5.41) is 5.43. The molecule has 0 aliphatic rings. The summed E-state index contributed by atoms with van der Waals surface area (Å²) in [6.45, 7) is 0.309. The van der Waals surface area contributed by atoms with E-state index in [1.54, 1.807) is 12.4 Å². The van der Waals surface area contributed by atoms with E-state index in [-0.39, 0.29) is 5.56 Å². The number of pyridine rings is 1. The zero-order valence-corrected chi connectivity index (χ0v) is 14.3. The minimum atomic E-state index is -1.59. The number of nitrogens with one attached hydrogen (secondary N) is 1. The third kappa shape index (κ3) is 4.26. The number of thiazole rings is 1. The maximum Gasteiger partial charge on any atom is 0.251 e. The van der Waals surface area contributed by atoms with E-state index >= 15 is 0 Å². The lowest BCUT2D eigenvalue weighted by atomic mass is 10.2. The fourth-order valence-electron chi connectivity index (χ4n) is 2.31. The van der Waals surface area contributed by atoms with E-state index in [2.05, 4.69) is 15.3 Å². The predicted molar refractivity (Wildman–Crippen MR) is 92.3 cm³/mol. The average molecular weight is 377 g/mol. The Bertz CT molecular complexity index is 892. The van der Waals surface area contributed by atoms with Crippen LogP contribution in [0.25, 0.3) is 11.3 Å². The normalized spacial score (nSPS) is 10.7. The smallest absolute Gasteiger partial charge is 0.251 e. The van der Waals surface area contributed by atoms with Crippen LogP contribution in [0.3, 0.4) is 0 Å². The molecule has 0 saturated heterocycles. The Morgan fingerprint density at radius 3 is 2.50 bits per heavy atom. The van der Waals surface area contributed by atoms with Gasteiger partial charge >= 0.3 is 0 Å². The van der Waals surface area contributed by atoms with Crippen molar-refractivity contribution in [3.8, 4) is 11.3 Å². The van der Waals surface area contributed by atoms with Crippen molar-refractivity contribution in [3.05, 3.63) is 70.1 Å². The van der Waals surface area contributed by atoms with Gasteiger partial charge in [-0.3, -0.25) is 9.78 Å². The third-order valence-corrected chi connectivity index (χ3v) is 4.54. The first kappa shape index (κ1) is 18.1. The van der Waals surface area contributed by atoms with Crippen LogP contribution >= 0.6 is 11.3 Å². The summed E-state index contributed by atoms with van der Waals surface area (Å²) in [6.07, 6.45) is 4.67. The van der Waals surface area contributed by atoms with Crippen LogP contribution in [-0.2, 0) is 6.42 Å². The van der Waals surface area contributed by atoms with Gasteiger partial charge in [0.1, 0.15) is 0 Å². The number of amides is 1. The summed E-state index contributed by atoms with van der Waals surface area (Å²) in [5.74, 6) is -5.02. The highest BCUT2D eigenvalue weighted by Crippen LogP contribution is 2.21. The van der Waals surface area contributed by atoms with Crippen molar-refractivity contribution >= 4 is 17.2 Å². The van der Waals surface area contributed by atoms with Crippen LogP contribution in [0.2, 0.25) is 0 Å². The fraction of sp³-hybridized carbons (Fsp3) is 0.167. The highest BCUT2D eigenvalue weighted by molar-refractivity contribution is 7.09. The highest BCUT2D eigenvalue weighted by atomic mass is 32.1. The summed E-state index contributed by atoms with van der Waals surface area (Å²) in [5.41, 5.74) is 1.60. The molecule has 4 nitrogen and oxygen atoms in total. The van der Waals surface area contributed by atoms with E-state index in [4.69, 9.17) is 0 Å². The van der Waals surface area contributed by atoms with Gasteiger partial charge in [-0.05, 0) is 30.7 Å². The Morgan fingerprint density at radius 2 is 1.81 bits per heavy atom. The molecule has 3 rings (SSSR count). The van der Waals surface area contributed by atoms with E-state index in [0.29, 0.717) is 31.5 Å². The molecule has 0 unspecified atom stereocenters. The van der Waals surface area contributed by atoms with E-state index in [1.807, 2.05) is 17.5 Å². The average Bonchev–Trinajstić information content (AvgIpc) is 3.12. The number of benzene rings is 1. The second-order valence-electron chi connectivity index (χ2n) is 5.48. The molecule has 26 heavy (non-hydrogen) atoms. The molecule has 3 aromatic rings. The Hall–Kier alpha value is -2.74. The summed E-state index contributed by atoms with van der Waals surface area (Å²) >= 11 is 1.52. The van der Waals surface area contributed by atoms with Crippen LogP contribution in [0, 0.1) is 17.5 Å². The molecular weight excluding hydrogens is 363 g/mol. The molecule has 1 amide bonds. The Morgan fingerprint density at radius 1 is 1.12 bits per heavy atom. The molecule has 2 aromatic heterocycles. The van der Waals surface area contributed by atoms with E-state index in [0.717, 1.165) is 16.3 Å². The van der Waals surface area contributed by atoms with Gasteiger partial charge in [-0.15, -0.1) is 11.3 Å². The number of nitrogens with zero attached hydrogens (tertiary/aromatic N) is 2. The van der Waals surface area contributed by atoms with Crippen LogP contribution in [0.15, 0.2) is 42.0 Å². The molecule has 1 N–H and O–H groups in total. The van der Waals surface area contributed by atoms with E-state index in [1.165, 1.54) is 11.3 Å². The SMILES string of the molecule is O=C(NCCCc1nc(-c2ccncc2)cs1)c1cc(F)c(F)c(F)c1. The topological polar surface area (TPSA) is 54.9 Å².